The molecule has 1 aliphatic rings. The van der Waals surface area contributed by atoms with Crippen molar-refractivity contribution in [3.8, 4) is 0 Å². The molecule has 136 valence electrons. The van der Waals surface area contributed by atoms with Gasteiger partial charge in [0, 0.05) is 18.0 Å². The molecule has 3 rings (SSSR count). The van der Waals surface area contributed by atoms with Crippen molar-refractivity contribution in [3.05, 3.63) is 59.7 Å². The maximum atomic E-state index is 12.7. The first kappa shape index (κ1) is 18.5. The van der Waals surface area contributed by atoms with E-state index in [0.717, 1.165) is 24.3 Å². The summed E-state index contributed by atoms with van der Waals surface area (Å²) in [6.45, 7) is 1.23. The van der Waals surface area contributed by atoms with Gasteiger partial charge in [0.05, 0.1) is 22.9 Å². The number of carbonyl (C=O) groups is 2. The zero-order valence-electron chi connectivity index (χ0n) is 14.7. The molecule has 2 N–H and O–H groups in total. The zero-order chi connectivity index (χ0) is 18.4. The minimum Gasteiger partial charge on any atom is -0.376 e. The van der Waals surface area contributed by atoms with E-state index in [-0.39, 0.29) is 17.9 Å². The molecule has 0 aromatic heterocycles. The molecule has 0 spiro atoms. The highest BCUT2D eigenvalue weighted by atomic mass is 32.2. The Morgan fingerprint density at radius 1 is 1.08 bits per heavy atom. The molecule has 1 aliphatic heterocycles. The van der Waals surface area contributed by atoms with Crippen LogP contribution in [0.25, 0.3) is 0 Å². The number of hydrogen-bond donors (Lipinski definition) is 2. The maximum Gasteiger partial charge on any atom is 0.256 e. The molecule has 5 nitrogen and oxygen atoms in total. The summed E-state index contributed by atoms with van der Waals surface area (Å²) in [6.07, 6.45) is 4.00. The van der Waals surface area contributed by atoms with Gasteiger partial charge in [-0.05, 0) is 43.4 Å². The monoisotopic (exact) mass is 370 g/mol. The SMILES string of the molecule is CSc1ccccc1C(=O)Nc1ccccc1C(=O)NC[C@H]1CCCO1. The summed E-state index contributed by atoms with van der Waals surface area (Å²) >= 11 is 1.51. The maximum absolute atomic E-state index is 12.7. The van der Waals surface area contributed by atoms with Crippen molar-refractivity contribution in [1.29, 1.82) is 0 Å². The molecule has 0 aliphatic carbocycles. The third kappa shape index (κ3) is 4.45. The molecule has 26 heavy (non-hydrogen) atoms. The third-order valence-electron chi connectivity index (χ3n) is 4.29. The first-order valence-corrected chi connectivity index (χ1v) is 9.84. The predicted octanol–water partition coefficient (Wildman–Crippen LogP) is 3.57. The van der Waals surface area contributed by atoms with Gasteiger partial charge in [0.2, 0.25) is 0 Å². The molecule has 0 saturated carbocycles. The molecule has 0 radical (unpaired) electrons. The van der Waals surface area contributed by atoms with Gasteiger partial charge in [-0.2, -0.15) is 0 Å². The predicted molar refractivity (Wildman–Crippen MR) is 104 cm³/mol. The van der Waals surface area contributed by atoms with Gasteiger partial charge in [-0.1, -0.05) is 24.3 Å². The van der Waals surface area contributed by atoms with Crippen LogP contribution in [0, 0.1) is 0 Å². The molecule has 0 bridgehead atoms. The third-order valence-corrected chi connectivity index (χ3v) is 5.08. The Balaban J connectivity index is 1.72. The van der Waals surface area contributed by atoms with E-state index in [0.29, 0.717) is 23.4 Å². The average molecular weight is 370 g/mol. The topological polar surface area (TPSA) is 67.4 Å². The smallest absolute Gasteiger partial charge is 0.256 e. The highest BCUT2D eigenvalue weighted by molar-refractivity contribution is 7.98. The molecule has 1 atom stereocenters. The number of carbonyl (C=O) groups excluding carboxylic acids is 2. The minimum atomic E-state index is -0.227. The average Bonchev–Trinajstić information content (AvgIpc) is 3.20. The molecule has 2 amide bonds. The molecule has 1 heterocycles. The van der Waals surface area contributed by atoms with Crippen LogP contribution < -0.4 is 10.6 Å². The van der Waals surface area contributed by atoms with Crippen LogP contribution in [-0.2, 0) is 4.74 Å². The molecular weight excluding hydrogens is 348 g/mol. The van der Waals surface area contributed by atoms with E-state index in [1.807, 2.05) is 24.5 Å². The second kappa shape index (κ2) is 8.87. The Kier molecular flexibility index (Phi) is 6.30. The number of nitrogens with one attached hydrogen (secondary N) is 2. The number of thioether (sulfide) groups is 1. The zero-order valence-corrected chi connectivity index (χ0v) is 15.5. The number of hydrogen-bond acceptors (Lipinski definition) is 4. The second-order valence-corrected chi connectivity index (χ2v) is 6.89. The van der Waals surface area contributed by atoms with Crippen LogP contribution in [0.3, 0.4) is 0 Å². The summed E-state index contributed by atoms with van der Waals surface area (Å²) in [5.74, 6) is -0.441. The number of anilines is 1. The van der Waals surface area contributed by atoms with Crippen molar-refractivity contribution in [2.45, 2.75) is 23.8 Å². The number of benzene rings is 2. The van der Waals surface area contributed by atoms with Crippen molar-refractivity contribution in [3.63, 3.8) is 0 Å². The molecule has 1 saturated heterocycles. The van der Waals surface area contributed by atoms with Crippen molar-refractivity contribution in [2.75, 3.05) is 24.7 Å². The molecule has 0 unspecified atom stereocenters. The van der Waals surface area contributed by atoms with Gasteiger partial charge in [-0.3, -0.25) is 9.59 Å². The van der Waals surface area contributed by atoms with E-state index >= 15 is 0 Å². The number of amides is 2. The summed E-state index contributed by atoms with van der Waals surface area (Å²) in [5.41, 5.74) is 1.54. The fourth-order valence-electron chi connectivity index (χ4n) is 2.92. The molecule has 2 aromatic rings. The van der Waals surface area contributed by atoms with Gasteiger partial charge in [0.15, 0.2) is 0 Å². The summed E-state index contributed by atoms with van der Waals surface area (Å²) < 4.78 is 5.53. The molecule has 1 fully saturated rings. The first-order valence-electron chi connectivity index (χ1n) is 8.62. The van der Waals surface area contributed by atoms with Gasteiger partial charge in [0.1, 0.15) is 0 Å². The lowest BCUT2D eigenvalue weighted by atomic mass is 10.1. The Morgan fingerprint density at radius 2 is 1.81 bits per heavy atom. The summed E-state index contributed by atoms with van der Waals surface area (Å²) in [4.78, 5) is 26.1. The number of para-hydroxylation sites is 1. The minimum absolute atomic E-state index is 0.0779. The van der Waals surface area contributed by atoms with E-state index in [4.69, 9.17) is 4.74 Å². The van der Waals surface area contributed by atoms with Crippen molar-refractivity contribution in [2.24, 2.45) is 0 Å². The van der Waals surface area contributed by atoms with E-state index in [1.165, 1.54) is 11.8 Å². The van der Waals surface area contributed by atoms with Crippen LogP contribution in [0.5, 0.6) is 0 Å². The van der Waals surface area contributed by atoms with E-state index in [9.17, 15) is 9.59 Å². The Labute approximate surface area is 157 Å². The Bertz CT molecular complexity index is 788. The van der Waals surface area contributed by atoms with Gasteiger partial charge in [-0.25, -0.2) is 0 Å². The normalized spacial score (nSPS) is 16.3. The molecule has 6 heteroatoms. The van der Waals surface area contributed by atoms with E-state index in [2.05, 4.69) is 10.6 Å². The second-order valence-electron chi connectivity index (χ2n) is 6.05. The van der Waals surface area contributed by atoms with E-state index in [1.54, 1.807) is 30.3 Å². The van der Waals surface area contributed by atoms with Crippen LogP contribution in [0.2, 0.25) is 0 Å². The lowest BCUT2D eigenvalue weighted by Crippen LogP contribution is -2.32. The highest BCUT2D eigenvalue weighted by Gasteiger charge is 2.19. The van der Waals surface area contributed by atoms with Gasteiger partial charge in [0.25, 0.3) is 11.8 Å². The largest absolute Gasteiger partial charge is 0.376 e. The van der Waals surface area contributed by atoms with Crippen molar-refractivity contribution >= 4 is 29.3 Å². The molecule has 2 aromatic carbocycles. The van der Waals surface area contributed by atoms with Crippen molar-refractivity contribution < 1.29 is 14.3 Å². The number of rotatable bonds is 6. The van der Waals surface area contributed by atoms with Crippen LogP contribution in [0.1, 0.15) is 33.6 Å². The fraction of sp³-hybridized carbons (Fsp3) is 0.300. The Hall–Kier alpha value is -2.31. The van der Waals surface area contributed by atoms with Gasteiger partial charge in [-0.15, -0.1) is 11.8 Å². The number of ether oxygens (including phenoxy) is 1. The van der Waals surface area contributed by atoms with Crippen LogP contribution in [-0.4, -0.2) is 37.3 Å². The summed E-state index contributed by atoms with van der Waals surface area (Å²) in [5, 5.41) is 5.76. The van der Waals surface area contributed by atoms with Crippen LogP contribution in [0.15, 0.2) is 53.4 Å². The van der Waals surface area contributed by atoms with E-state index < -0.39 is 0 Å². The first-order chi connectivity index (χ1) is 12.7. The summed E-state index contributed by atoms with van der Waals surface area (Å²) in [6, 6.07) is 14.4. The Morgan fingerprint density at radius 3 is 2.54 bits per heavy atom. The quantitative estimate of drug-likeness (QED) is 0.763. The highest BCUT2D eigenvalue weighted by Crippen LogP contribution is 2.22. The standard InChI is InChI=1S/C20H22N2O3S/c1-26-18-11-5-3-9-16(18)20(24)22-17-10-4-2-8-15(17)19(23)21-13-14-7-6-12-25-14/h2-5,8-11,14H,6-7,12-13H2,1H3,(H,21,23)(H,22,24)/t14-/m1/s1. The van der Waals surface area contributed by atoms with Crippen LogP contribution >= 0.6 is 11.8 Å². The summed E-state index contributed by atoms with van der Waals surface area (Å²) in [7, 11) is 0. The fourth-order valence-corrected chi connectivity index (χ4v) is 3.51. The molecular formula is C20H22N2O3S. The van der Waals surface area contributed by atoms with Crippen molar-refractivity contribution in [1.82, 2.24) is 5.32 Å². The van der Waals surface area contributed by atoms with Gasteiger partial charge < -0.3 is 15.4 Å². The lowest BCUT2D eigenvalue weighted by Gasteiger charge is -2.14. The lowest BCUT2D eigenvalue weighted by molar-refractivity contribution is 0.0858. The van der Waals surface area contributed by atoms with Crippen LogP contribution in [0.4, 0.5) is 5.69 Å². The van der Waals surface area contributed by atoms with Gasteiger partial charge >= 0.3 is 0 Å².